The number of benzene rings is 1. The van der Waals surface area contributed by atoms with Gasteiger partial charge in [-0.2, -0.15) is 5.26 Å². The first-order valence-electron chi connectivity index (χ1n) is 7.48. The second-order valence-electron chi connectivity index (χ2n) is 4.96. The Bertz CT molecular complexity index is 761. The average molecular weight is 389 g/mol. The number of amides is 1. The van der Waals surface area contributed by atoms with Gasteiger partial charge in [-0.25, -0.2) is 0 Å². The molecule has 0 aliphatic rings. The zero-order valence-electron chi connectivity index (χ0n) is 13.2. The van der Waals surface area contributed by atoms with Crippen LogP contribution in [0.15, 0.2) is 51.1 Å². The Hall–Kier alpha value is -2.52. The van der Waals surface area contributed by atoms with Crippen molar-refractivity contribution in [2.75, 3.05) is 6.61 Å². The summed E-state index contributed by atoms with van der Waals surface area (Å²) in [4.78, 5) is 12.2. The van der Waals surface area contributed by atoms with Crippen LogP contribution < -0.4 is 10.1 Å². The first kappa shape index (κ1) is 17.8. The number of carbonyl (C=O) groups excluding carboxylic acids is 1. The first-order chi connectivity index (χ1) is 11.6. The minimum atomic E-state index is -0.463. The second kappa shape index (κ2) is 8.94. The van der Waals surface area contributed by atoms with Crippen LogP contribution in [0, 0.1) is 11.3 Å². The lowest BCUT2D eigenvalue weighted by atomic mass is 10.1. The predicted molar refractivity (Wildman–Crippen MR) is 94.1 cm³/mol. The third-order valence-corrected chi connectivity index (χ3v) is 3.59. The first-order valence-corrected chi connectivity index (χ1v) is 8.28. The van der Waals surface area contributed by atoms with Gasteiger partial charge in [-0.05, 0) is 42.8 Å². The number of carbonyl (C=O) groups is 1. The number of ether oxygens (including phenoxy) is 1. The number of hydrogen-bond acceptors (Lipinski definition) is 4. The summed E-state index contributed by atoms with van der Waals surface area (Å²) in [5, 5.41) is 12.0. The molecule has 124 valence electrons. The highest BCUT2D eigenvalue weighted by atomic mass is 79.9. The van der Waals surface area contributed by atoms with E-state index in [1.165, 1.54) is 12.3 Å². The lowest BCUT2D eigenvalue weighted by molar-refractivity contribution is -0.117. The molecule has 24 heavy (non-hydrogen) atoms. The average Bonchev–Trinajstić information content (AvgIpc) is 3.10. The lowest BCUT2D eigenvalue weighted by Crippen LogP contribution is -2.23. The number of nitrogens with one attached hydrogen (secondary N) is 1. The summed E-state index contributed by atoms with van der Waals surface area (Å²) in [5.74, 6) is 0.789. The van der Waals surface area contributed by atoms with Crippen molar-refractivity contribution in [2.24, 2.45) is 0 Å². The minimum absolute atomic E-state index is 0.000930. The fraction of sp³-hybridized carbons (Fsp3) is 0.222. The van der Waals surface area contributed by atoms with Gasteiger partial charge in [0, 0.05) is 10.0 Å². The summed E-state index contributed by atoms with van der Waals surface area (Å²) in [5.41, 5.74) is 0.670. The highest BCUT2D eigenvalue weighted by Gasteiger charge is 2.12. The minimum Gasteiger partial charge on any atom is -0.493 e. The number of halogens is 1. The van der Waals surface area contributed by atoms with Crippen molar-refractivity contribution in [3.8, 4) is 11.8 Å². The highest BCUT2D eigenvalue weighted by Crippen LogP contribution is 2.25. The predicted octanol–water partition coefficient (Wildman–Crippen LogP) is 4.05. The molecule has 1 amide bonds. The molecular formula is C18H17BrN2O3. The molecule has 5 nitrogen and oxygen atoms in total. The van der Waals surface area contributed by atoms with Crippen LogP contribution in [0.3, 0.4) is 0 Å². The van der Waals surface area contributed by atoms with Gasteiger partial charge >= 0.3 is 0 Å². The molecule has 0 spiro atoms. The lowest BCUT2D eigenvalue weighted by Gasteiger charge is -2.09. The van der Waals surface area contributed by atoms with E-state index < -0.39 is 5.91 Å². The van der Waals surface area contributed by atoms with Gasteiger partial charge in [-0.1, -0.05) is 22.9 Å². The molecule has 2 aromatic rings. The van der Waals surface area contributed by atoms with Crippen LogP contribution in [0.4, 0.5) is 0 Å². The fourth-order valence-corrected chi connectivity index (χ4v) is 2.33. The molecule has 0 unspecified atom stereocenters. The van der Waals surface area contributed by atoms with Gasteiger partial charge in [-0.15, -0.1) is 0 Å². The van der Waals surface area contributed by atoms with Crippen molar-refractivity contribution in [2.45, 2.75) is 19.9 Å². The summed E-state index contributed by atoms with van der Waals surface area (Å²) in [6.07, 6.45) is 3.92. The van der Waals surface area contributed by atoms with Crippen molar-refractivity contribution in [3.05, 3.63) is 58.0 Å². The Morgan fingerprint density at radius 3 is 2.96 bits per heavy atom. The third kappa shape index (κ3) is 5.00. The Morgan fingerprint density at radius 2 is 2.29 bits per heavy atom. The van der Waals surface area contributed by atoms with Crippen molar-refractivity contribution < 1.29 is 13.9 Å². The SMILES string of the molecule is CCCOc1ccc(Br)cc1/C=C(\C#N)C(=O)NCc1ccco1. The van der Waals surface area contributed by atoms with Crippen LogP contribution in [0.5, 0.6) is 5.75 Å². The number of rotatable bonds is 7. The van der Waals surface area contributed by atoms with Gasteiger partial charge in [-0.3, -0.25) is 4.79 Å². The van der Waals surface area contributed by atoms with E-state index in [-0.39, 0.29) is 12.1 Å². The number of hydrogen-bond donors (Lipinski definition) is 1. The second-order valence-corrected chi connectivity index (χ2v) is 5.88. The van der Waals surface area contributed by atoms with Crippen molar-refractivity contribution in [1.82, 2.24) is 5.32 Å². The maximum Gasteiger partial charge on any atom is 0.262 e. The summed E-state index contributed by atoms with van der Waals surface area (Å²) >= 11 is 3.39. The van der Waals surface area contributed by atoms with Gasteiger partial charge in [0.25, 0.3) is 5.91 Å². The maximum absolute atomic E-state index is 12.2. The molecule has 0 aliphatic carbocycles. The van der Waals surface area contributed by atoms with Crippen LogP contribution in [0.25, 0.3) is 6.08 Å². The maximum atomic E-state index is 12.2. The molecule has 0 radical (unpaired) electrons. The molecular weight excluding hydrogens is 372 g/mol. The van der Waals surface area contributed by atoms with E-state index in [1.54, 1.807) is 18.2 Å². The van der Waals surface area contributed by atoms with Gasteiger partial charge in [0.2, 0.25) is 0 Å². The Morgan fingerprint density at radius 1 is 1.46 bits per heavy atom. The standard InChI is InChI=1S/C18H17BrN2O3/c1-2-7-24-17-6-5-15(19)10-13(17)9-14(11-20)18(22)21-12-16-4-3-8-23-16/h3-6,8-10H,2,7,12H2,1H3,(H,21,22)/b14-9+. The van der Waals surface area contributed by atoms with E-state index in [9.17, 15) is 10.1 Å². The van der Waals surface area contributed by atoms with Crippen LogP contribution >= 0.6 is 15.9 Å². The van der Waals surface area contributed by atoms with Crippen LogP contribution in [0.2, 0.25) is 0 Å². The summed E-state index contributed by atoms with van der Waals surface area (Å²) in [6, 6.07) is 10.9. The molecule has 0 aliphatic heterocycles. The molecule has 1 aromatic carbocycles. The molecule has 0 fully saturated rings. The molecule has 2 rings (SSSR count). The normalized spacial score (nSPS) is 11.0. The van der Waals surface area contributed by atoms with E-state index in [0.717, 1.165) is 10.9 Å². The van der Waals surface area contributed by atoms with Gasteiger partial charge in [0.05, 0.1) is 19.4 Å². The van der Waals surface area contributed by atoms with Crippen molar-refractivity contribution in [3.63, 3.8) is 0 Å². The molecule has 1 aromatic heterocycles. The Kier molecular flexibility index (Phi) is 6.64. The molecule has 0 saturated carbocycles. The molecule has 0 atom stereocenters. The Labute approximate surface area is 149 Å². The van der Waals surface area contributed by atoms with Gasteiger partial charge in [0.15, 0.2) is 0 Å². The molecule has 1 heterocycles. The van der Waals surface area contributed by atoms with E-state index in [4.69, 9.17) is 9.15 Å². The molecule has 6 heteroatoms. The van der Waals surface area contributed by atoms with Gasteiger partial charge < -0.3 is 14.5 Å². The van der Waals surface area contributed by atoms with E-state index in [1.807, 2.05) is 25.1 Å². The summed E-state index contributed by atoms with van der Waals surface area (Å²) < 4.78 is 11.7. The van der Waals surface area contributed by atoms with E-state index in [0.29, 0.717) is 23.7 Å². The zero-order chi connectivity index (χ0) is 17.4. The van der Waals surface area contributed by atoms with Crippen LogP contribution in [-0.2, 0) is 11.3 Å². The van der Waals surface area contributed by atoms with Crippen LogP contribution in [0.1, 0.15) is 24.7 Å². The topological polar surface area (TPSA) is 75.3 Å². The molecule has 0 bridgehead atoms. The quantitative estimate of drug-likeness (QED) is 0.573. The van der Waals surface area contributed by atoms with Gasteiger partial charge in [0.1, 0.15) is 23.2 Å². The highest BCUT2D eigenvalue weighted by molar-refractivity contribution is 9.10. The van der Waals surface area contributed by atoms with Crippen molar-refractivity contribution >= 4 is 27.9 Å². The summed E-state index contributed by atoms with van der Waals surface area (Å²) in [6.45, 7) is 2.80. The van der Waals surface area contributed by atoms with Crippen molar-refractivity contribution in [1.29, 1.82) is 5.26 Å². The largest absolute Gasteiger partial charge is 0.493 e. The number of nitrogens with zero attached hydrogens (tertiary/aromatic N) is 1. The van der Waals surface area contributed by atoms with E-state index in [2.05, 4.69) is 21.2 Å². The number of furan rings is 1. The third-order valence-electron chi connectivity index (χ3n) is 3.10. The monoisotopic (exact) mass is 388 g/mol. The number of nitriles is 1. The van der Waals surface area contributed by atoms with E-state index >= 15 is 0 Å². The summed E-state index contributed by atoms with van der Waals surface area (Å²) in [7, 11) is 0. The van der Waals surface area contributed by atoms with Crippen LogP contribution in [-0.4, -0.2) is 12.5 Å². The smallest absolute Gasteiger partial charge is 0.262 e. The fourth-order valence-electron chi connectivity index (χ4n) is 1.96. The molecule has 0 saturated heterocycles. The molecule has 1 N–H and O–H groups in total. The zero-order valence-corrected chi connectivity index (χ0v) is 14.8. The Balaban J connectivity index is 2.18.